The molecule has 2 aromatic rings. The Morgan fingerprint density at radius 3 is 2.71 bits per heavy atom. The number of anilines is 1. The summed E-state index contributed by atoms with van der Waals surface area (Å²) in [6.07, 6.45) is 3.74. The van der Waals surface area contributed by atoms with E-state index in [9.17, 15) is 0 Å². The second-order valence-electron chi connectivity index (χ2n) is 3.65. The fourth-order valence-electron chi connectivity index (χ4n) is 1.41. The maximum Gasteiger partial charge on any atom is 0.147 e. The molecule has 2 rings (SSSR count). The minimum atomic E-state index is 0.656. The molecule has 7 heteroatoms. The van der Waals surface area contributed by atoms with Crippen molar-refractivity contribution in [3.8, 4) is 0 Å². The molecule has 17 heavy (non-hydrogen) atoms. The Bertz CT molecular complexity index is 536. The third-order valence-electron chi connectivity index (χ3n) is 2.25. The molecule has 0 saturated carbocycles. The Labute approximate surface area is 104 Å². The van der Waals surface area contributed by atoms with Crippen molar-refractivity contribution < 1.29 is 0 Å². The van der Waals surface area contributed by atoms with Gasteiger partial charge in [-0.05, 0) is 13.8 Å². The molecule has 2 aromatic heterocycles. The first-order valence-electron chi connectivity index (χ1n) is 5.08. The van der Waals surface area contributed by atoms with E-state index >= 15 is 0 Å². The average molecular weight is 250 g/mol. The molecular weight excluding hydrogens is 236 g/mol. The van der Waals surface area contributed by atoms with E-state index in [1.165, 1.54) is 0 Å². The third-order valence-corrected chi connectivity index (χ3v) is 3.28. The smallest absolute Gasteiger partial charge is 0.147 e. The number of hydrazine groups is 1. The summed E-state index contributed by atoms with van der Waals surface area (Å²) in [5.74, 6) is 6.77. The van der Waals surface area contributed by atoms with Gasteiger partial charge in [0, 0.05) is 18.8 Å². The van der Waals surface area contributed by atoms with E-state index in [0.29, 0.717) is 11.6 Å². The molecule has 0 bridgehead atoms. The Morgan fingerprint density at radius 2 is 2.12 bits per heavy atom. The second-order valence-corrected chi connectivity index (χ2v) is 4.71. The maximum absolute atomic E-state index is 5.42. The predicted molar refractivity (Wildman–Crippen MR) is 66.6 cm³/mol. The number of rotatable bonds is 3. The van der Waals surface area contributed by atoms with Crippen LogP contribution in [0.1, 0.15) is 11.4 Å². The van der Waals surface area contributed by atoms with Crippen molar-refractivity contribution in [2.24, 2.45) is 12.9 Å². The molecule has 0 aliphatic rings. The number of nitrogen functional groups attached to an aromatic ring is 1. The van der Waals surface area contributed by atoms with Gasteiger partial charge in [0.15, 0.2) is 0 Å². The van der Waals surface area contributed by atoms with Gasteiger partial charge in [0.2, 0.25) is 0 Å². The molecule has 90 valence electrons. The molecular formula is C10H14N6S. The average Bonchev–Trinajstić information content (AvgIpc) is 2.69. The molecule has 0 fully saturated rings. The fourth-order valence-corrected chi connectivity index (χ4v) is 2.36. The molecule has 0 aromatic carbocycles. The number of aromatic nitrogens is 4. The SMILES string of the molecule is Cc1nc(NN)c(C)c(Sc2cnn(C)c2)n1. The van der Waals surface area contributed by atoms with Crippen LogP contribution in [0.2, 0.25) is 0 Å². The molecule has 6 nitrogen and oxygen atoms in total. The van der Waals surface area contributed by atoms with Crippen LogP contribution in [-0.4, -0.2) is 19.7 Å². The zero-order valence-electron chi connectivity index (χ0n) is 9.93. The van der Waals surface area contributed by atoms with Gasteiger partial charge < -0.3 is 5.43 Å². The normalized spacial score (nSPS) is 10.6. The van der Waals surface area contributed by atoms with Gasteiger partial charge in [-0.25, -0.2) is 15.8 Å². The van der Waals surface area contributed by atoms with Gasteiger partial charge in [-0.15, -0.1) is 0 Å². The molecule has 0 amide bonds. The van der Waals surface area contributed by atoms with Gasteiger partial charge in [0.25, 0.3) is 0 Å². The second kappa shape index (κ2) is 4.72. The van der Waals surface area contributed by atoms with E-state index in [-0.39, 0.29) is 0 Å². The van der Waals surface area contributed by atoms with Gasteiger partial charge in [0.05, 0.1) is 11.1 Å². The Morgan fingerprint density at radius 1 is 1.35 bits per heavy atom. The molecule has 0 saturated heterocycles. The first kappa shape index (κ1) is 11.9. The zero-order chi connectivity index (χ0) is 12.4. The van der Waals surface area contributed by atoms with Crippen LogP contribution in [0, 0.1) is 13.8 Å². The Kier molecular flexibility index (Phi) is 3.30. The van der Waals surface area contributed by atoms with Crippen molar-refractivity contribution in [3.05, 3.63) is 23.8 Å². The molecule has 0 atom stereocenters. The fraction of sp³-hybridized carbons (Fsp3) is 0.300. The number of nitrogens with one attached hydrogen (secondary N) is 1. The lowest BCUT2D eigenvalue weighted by molar-refractivity contribution is 0.766. The summed E-state index contributed by atoms with van der Waals surface area (Å²) in [4.78, 5) is 9.66. The lowest BCUT2D eigenvalue weighted by Gasteiger charge is -2.08. The number of aryl methyl sites for hydroxylation is 2. The Hall–Kier alpha value is -1.60. The van der Waals surface area contributed by atoms with Gasteiger partial charge in [-0.2, -0.15) is 5.10 Å². The minimum absolute atomic E-state index is 0.656. The van der Waals surface area contributed by atoms with Crippen molar-refractivity contribution >= 4 is 17.6 Å². The first-order valence-corrected chi connectivity index (χ1v) is 5.90. The van der Waals surface area contributed by atoms with E-state index in [0.717, 1.165) is 15.5 Å². The van der Waals surface area contributed by atoms with E-state index in [2.05, 4.69) is 20.5 Å². The van der Waals surface area contributed by atoms with Gasteiger partial charge in [0.1, 0.15) is 16.7 Å². The van der Waals surface area contributed by atoms with Crippen molar-refractivity contribution in [1.29, 1.82) is 0 Å². The number of hydrogen-bond acceptors (Lipinski definition) is 6. The van der Waals surface area contributed by atoms with Crippen molar-refractivity contribution in [1.82, 2.24) is 19.7 Å². The summed E-state index contributed by atoms with van der Waals surface area (Å²) in [6, 6.07) is 0. The quantitative estimate of drug-likeness (QED) is 0.485. The van der Waals surface area contributed by atoms with Gasteiger partial charge in [-0.1, -0.05) is 11.8 Å². The summed E-state index contributed by atoms with van der Waals surface area (Å²) in [5.41, 5.74) is 3.52. The molecule has 0 spiro atoms. The molecule has 0 radical (unpaired) electrons. The largest absolute Gasteiger partial charge is 0.308 e. The highest BCUT2D eigenvalue weighted by molar-refractivity contribution is 7.99. The zero-order valence-corrected chi connectivity index (χ0v) is 10.7. The monoisotopic (exact) mass is 250 g/mol. The summed E-state index contributed by atoms with van der Waals surface area (Å²) < 4.78 is 1.76. The highest BCUT2D eigenvalue weighted by Gasteiger charge is 2.10. The summed E-state index contributed by atoms with van der Waals surface area (Å²) >= 11 is 1.55. The maximum atomic E-state index is 5.42. The van der Waals surface area contributed by atoms with E-state index in [4.69, 9.17) is 5.84 Å². The number of nitrogens with zero attached hydrogens (tertiary/aromatic N) is 4. The van der Waals surface area contributed by atoms with Crippen LogP contribution in [-0.2, 0) is 7.05 Å². The van der Waals surface area contributed by atoms with Crippen LogP contribution in [0.25, 0.3) is 0 Å². The summed E-state index contributed by atoms with van der Waals surface area (Å²) in [7, 11) is 1.88. The van der Waals surface area contributed by atoms with E-state index in [1.54, 1.807) is 22.6 Å². The number of nitrogens with two attached hydrogens (primary N) is 1. The van der Waals surface area contributed by atoms with E-state index in [1.807, 2.05) is 27.1 Å². The van der Waals surface area contributed by atoms with Gasteiger partial charge >= 0.3 is 0 Å². The van der Waals surface area contributed by atoms with Crippen LogP contribution < -0.4 is 11.3 Å². The van der Waals surface area contributed by atoms with Crippen LogP contribution >= 0.6 is 11.8 Å². The lowest BCUT2D eigenvalue weighted by Crippen LogP contribution is -2.12. The van der Waals surface area contributed by atoms with Crippen molar-refractivity contribution in [2.45, 2.75) is 23.8 Å². The highest BCUT2D eigenvalue weighted by Crippen LogP contribution is 2.30. The Balaban J connectivity index is 2.35. The molecule has 0 aliphatic heterocycles. The van der Waals surface area contributed by atoms with Gasteiger partial charge in [-0.3, -0.25) is 4.68 Å². The van der Waals surface area contributed by atoms with Crippen LogP contribution in [0.3, 0.4) is 0 Å². The third kappa shape index (κ3) is 2.56. The topological polar surface area (TPSA) is 81.6 Å². The first-order chi connectivity index (χ1) is 8.10. The molecule has 0 aliphatic carbocycles. The highest BCUT2D eigenvalue weighted by atomic mass is 32.2. The van der Waals surface area contributed by atoms with Crippen LogP contribution in [0.5, 0.6) is 0 Å². The van der Waals surface area contributed by atoms with Crippen LogP contribution in [0.4, 0.5) is 5.82 Å². The standard InChI is InChI=1S/C10H14N6S/c1-6-9(15-11)13-7(2)14-10(6)17-8-4-12-16(3)5-8/h4-5H,11H2,1-3H3,(H,13,14,15). The summed E-state index contributed by atoms with van der Waals surface area (Å²) in [6.45, 7) is 3.78. The van der Waals surface area contributed by atoms with E-state index < -0.39 is 0 Å². The van der Waals surface area contributed by atoms with Crippen LogP contribution in [0.15, 0.2) is 22.3 Å². The lowest BCUT2D eigenvalue weighted by atomic mass is 10.3. The summed E-state index contributed by atoms with van der Waals surface area (Å²) in [5, 5.41) is 5.01. The molecule has 2 heterocycles. The minimum Gasteiger partial charge on any atom is -0.308 e. The van der Waals surface area contributed by atoms with Crippen molar-refractivity contribution in [3.63, 3.8) is 0 Å². The molecule has 0 unspecified atom stereocenters. The number of hydrogen-bond donors (Lipinski definition) is 2. The predicted octanol–water partition coefficient (Wildman–Crippen LogP) is 1.26. The molecule has 3 N–H and O–H groups in total. The van der Waals surface area contributed by atoms with Crippen molar-refractivity contribution in [2.75, 3.05) is 5.43 Å².